The zero-order valence-corrected chi connectivity index (χ0v) is 9.88. The SMILES string of the molecule is C=C1Cc2ccc(CN)cc2N1C.CC. The second-order valence-electron chi connectivity index (χ2n) is 3.47. The van der Waals surface area contributed by atoms with Crippen molar-refractivity contribution >= 4 is 5.69 Å². The lowest BCUT2D eigenvalue weighted by molar-refractivity contribution is 1.06. The largest absolute Gasteiger partial charge is 0.348 e. The van der Waals surface area contributed by atoms with Gasteiger partial charge in [-0.05, 0) is 17.2 Å². The van der Waals surface area contributed by atoms with Crippen LogP contribution in [-0.2, 0) is 13.0 Å². The maximum atomic E-state index is 5.58. The van der Waals surface area contributed by atoms with Crippen molar-refractivity contribution in [1.29, 1.82) is 0 Å². The van der Waals surface area contributed by atoms with Gasteiger partial charge in [-0.25, -0.2) is 0 Å². The highest BCUT2D eigenvalue weighted by Gasteiger charge is 2.18. The van der Waals surface area contributed by atoms with Gasteiger partial charge in [-0.3, -0.25) is 0 Å². The van der Waals surface area contributed by atoms with Crippen LogP contribution in [0.5, 0.6) is 0 Å². The molecule has 0 radical (unpaired) electrons. The van der Waals surface area contributed by atoms with E-state index in [1.165, 1.54) is 16.8 Å². The van der Waals surface area contributed by atoms with Crippen LogP contribution in [0.1, 0.15) is 25.0 Å². The molecule has 2 N–H and O–H groups in total. The van der Waals surface area contributed by atoms with Gasteiger partial charge < -0.3 is 10.6 Å². The van der Waals surface area contributed by atoms with E-state index >= 15 is 0 Å². The summed E-state index contributed by atoms with van der Waals surface area (Å²) in [4.78, 5) is 2.13. The second kappa shape index (κ2) is 4.99. The summed E-state index contributed by atoms with van der Waals surface area (Å²) < 4.78 is 0. The summed E-state index contributed by atoms with van der Waals surface area (Å²) in [6, 6.07) is 6.38. The van der Waals surface area contributed by atoms with E-state index in [2.05, 4.69) is 36.7 Å². The summed E-state index contributed by atoms with van der Waals surface area (Å²) in [5.41, 5.74) is 10.5. The zero-order valence-electron chi connectivity index (χ0n) is 9.88. The highest BCUT2D eigenvalue weighted by Crippen LogP contribution is 2.32. The smallest absolute Gasteiger partial charge is 0.0445 e. The minimum atomic E-state index is 0.605. The molecule has 15 heavy (non-hydrogen) atoms. The van der Waals surface area contributed by atoms with Gasteiger partial charge >= 0.3 is 0 Å². The van der Waals surface area contributed by atoms with Crippen molar-refractivity contribution in [2.45, 2.75) is 26.8 Å². The first-order chi connectivity index (χ1) is 7.22. The minimum Gasteiger partial charge on any atom is -0.348 e. The molecule has 1 heterocycles. The Labute approximate surface area is 92.4 Å². The van der Waals surface area contributed by atoms with Crippen molar-refractivity contribution in [3.63, 3.8) is 0 Å². The molecule has 1 aliphatic heterocycles. The Morgan fingerprint density at radius 3 is 2.67 bits per heavy atom. The number of nitrogens with two attached hydrogens (primary N) is 1. The fourth-order valence-corrected chi connectivity index (χ4v) is 1.71. The average Bonchev–Trinajstić information content (AvgIpc) is 2.57. The lowest BCUT2D eigenvalue weighted by atomic mass is 10.1. The molecule has 0 amide bonds. The van der Waals surface area contributed by atoms with Gasteiger partial charge in [0.1, 0.15) is 0 Å². The van der Waals surface area contributed by atoms with Gasteiger partial charge in [-0.2, -0.15) is 0 Å². The fraction of sp³-hybridized carbons (Fsp3) is 0.385. The average molecular weight is 204 g/mol. The molecule has 0 spiro atoms. The minimum absolute atomic E-state index is 0.605. The van der Waals surface area contributed by atoms with Gasteiger partial charge in [0, 0.05) is 31.4 Å². The Morgan fingerprint density at radius 1 is 1.40 bits per heavy atom. The number of rotatable bonds is 1. The van der Waals surface area contributed by atoms with Crippen LogP contribution in [0.25, 0.3) is 0 Å². The number of nitrogens with zero attached hydrogens (tertiary/aromatic N) is 1. The third-order valence-corrected chi connectivity index (χ3v) is 2.62. The number of fused-ring (bicyclic) bond motifs is 1. The topological polar surface area (TPSA) is 29.3 Å². The molecule has 2 heteroatoms. The van der Waals surface area contributed by atoms with Crippen LogP contribution >= 0.6 is 0 Å². The summed E-state index contributed by atoms with van der Waals surface area (Å²) >= 11 is 0. The third-order valence-electron chi connectivity index (χ3n) is 2.62. The van der Waals surface area contributed by atoms with Crippen LogP contribution in [0.2, 0.25) is 0 Å². The predicted octanol–water partition coefficient (Wildman–Crippen LogP) is 2.68. The standard InChI is InChI=1S/C11H14N2.C2H6/c1-8-5-10-4-3-9(7-12)6-11(10)13(8)2;1-2/h3-4,6H,1,5,7,12H2,2H3;1-2H3. The van der Waals surface area contributed by atoms with Crippen molar-refractivity contribution < 1.29 is 0 Å². The van der Waals surface area contributed by atoms with Gasteiger partial charge in [0.2, 0.25) is 0 Å². The Bertz CT molecular complexity index is 356. The van der Waals surface area contributed by atoms with Crippen LogP contribution < -0.4 is 10.6 Å². The van der Waals surface area contributed by atoms with Gasteiger partial charge in [-0.1, -0.05) is 32.6 Å². The fourth-order valence-electron chi connectivity index (χ4n) is 1.71. The van der Waals surface area contributed by atoms with E-state index < -0.39 is 0 Å². The Hall–Kier alpha value is -1.28. The lowest BCUT2D eigenvalue weighted by Crippen LogP contribution is -2.10. The highest BCUT2D eigenvalue weighted by molar-refractivity contribution is 5.64. The van der Waals surface area contributed by atoms with E-state index in [0.29, 0.717) is 6.54 Å². The highest BCUT2D eigenvalue weighted by atomic mass is 15.1. The molecule has 1 aromatic rings. The third kappa shape index (κ3) is 2.21. The Morgan fingerprint density at radius 2 is 2.07 bits per heavy atom. The molecule has 0 aliphatic carbocycles. The molecule has 0 bridgehead atoms. The van der Waals surface area contributed by atoms with Gasteiger partial charge in [-0.15, -0.1) is 0 Å². The molecule has 0 fully saturated rings. The van der Waals surface area contributed by atoms with Crippen LogP contribution in [0.15, 0.2) is 30.5 Å². The lowest BCUT2D eigenvalue weighted by Gasteiger charge is -2.13. The van der Waals surface area contributed by atoms with E-state index in [4.69, 9.17) is 5.73 Å². The van der Waals surface area contributed by atoms with E-state index in [1.807, 2.05) is 13.8 Å². The Kier molecular flexibility index (Phi) is 3.92. The quantitative estimate of drug-likeness (QED) is 0.762. The van der Waals surface area contributed by atoms with Gasteiger partial charge in [0.15, 0.2) is 0 Å². The summed E-state index contributed by atoms with van der Waals surface area (Å²) in [6.45, 7) is 8.60. The van der Waals surface area contributed by atoms with Crippen LogP contribution in [0, 0.1) is 0 Å². The molecule has 0 unspecified atom stereocenters. The summed E-state index contributed by atoms with van der Waals surface area (Å²) in [5, 5.41) is 0. The molecule has 1 aliphatic rings. The first-order valence-electron chi connectivity index (χ1n) is 5.45. The number of allylic oxidation sites excluding steroid dienone is 1. The maximum absolute atomic E-state index is 5.58. The van der Waals surface area contributed by atoms with Crippen LogP contribution in [0.3, 0.4) is 0 Å². The van der Waals surface area contributed by atoms with Crippen molar-refractivity contribution in [3.05, 3.63) is 41.6 Å². The molecule has 2 rings (SSSR count). The zero-order chi connectivity index (χ0) is 11.4. The molecular formula is C13H20N2. The normalized spacial score (nSPS) is 13.3. The van der Waals surface area contributed by atoms with E-state index in [9.17, 15) is 0 Å². The van der Waals surface area contributed by atoms with Crippen molar-refractivity contribution in [2.75, 3.05) is 11.9 Å². The number of likely N-dealkylation sites (N-methyl/N-ethyl adjacent to an activating group) is 1. The second-order valence-corrected chi connectivity index (χ2v) is 3.47. The molecule has 0 saturated heterocycles. The van der Waals surface area contributed by atoms with Crippen LogP contribution in [0.4, 0.5) is 5.69 Å². The van der Waals surface area contributed by atoms with Crippen LogP contribution in [-0.4, -0.2) is 7.05 Å². The maximum Gasteiger partial charge on any atom is 0.0445 e. The van der Waals surface area contributed by atoms with E-state index in [-0.39, 0.29) is 0 Å². The number of anilines is 1. The molecule has 1 aromatic carbocycles. The molecule has 2 nitrogen and oxygen atoms in total. The van der Waals surface area contributed by atoms with Crippen molar-refractivity contribution in [3.8, 4) is 0 Å². The first kappa shape index (κ1) is 11.8. The summed E-state index contributed by atoms with van der Waals surface area (Å²) in [6.07, 6.45) is 0.969. The molecular weight excluding hydrogens is 184 g/mol. The predicted molar refractivity (Wildman–Crippen MR) is 66.9 cm³/mol. The first-order valence-corrected chi connectivity index (χ1v) is 5.45. The monoisotopic (exact) mass is 204 g/mol. The Balaban J connectivity index is 0.000000531. The number of hydrogen-bond acceptors (Lipinski definition) is 2. The molecule has 0 atom stereocenters. The molecule has 0 aromatic heterocycles. The van der Waals surface area contributed by atoms with Gasteiger partial charge in [0.25, 0.3) is 0 Å². The number of hydrogen-bond donors (Lipinski definition) is 1. The van der Waals surface area contributed by atoms with Gasteiger partial charge in [0.05, 0.1) is 0 Å². The number of benzene rings is 1. The molecule has 82 valence electrons. The van der Waals surface area contributed by atoms with E-state index in [1.54, 1.807) is 0 Å². The summed E-state index contributed by atoms with van der Waals surface area (Å²) in [7, 11) is 2.05. The van der Waals surface area contributed by atoms with Crippen molar-refractivity contribution in [1.82, 2.24) is 0 Å². The van der Waals surface area contributed by atoms with Crippen molar-refractivity contribution in [2.24, 2.45) is 5.73 Å². The summed E-state index contributed by atoms with van der Waals surface area (Å²) in [5.74, 6) is 0. The van der Waals surface area contributed by atoms with E-state index in [0.717, 1.165) is 12.1 Å². The molecule has 0 saturated carbocycles.